The summed E-state index contributed by atoms with van der Waals surface area (Å²) in [6.07, 6.45) is 5.00. The summed E-state index contributed by atoms with van der Waals surface area (Å²) in [7, 11) is 0. The highest BCUT2D eigenvalue weighted by molar-refractivity contribution is 5.95. The minimum absolute atomic E-state index is 0.0396. The SMILES string of the molecule is CCOc1ccc(C(=O)NCC2CCN(C(=O)c3ccncc3)CC2)cc1OCC. The van der Waals surface area contributed by atoms with E-state index >= 15 is 0 Å². The zero-order valence-corrected chi connectivity index (χ0v) is 17.6. The first kappa shape index (κ1) is 21.6. The van der Waals surface area contributed by atoms with E-state index in [-0.39, 0.29) is 11.8 Å². The molecule has 2 amide bonds. The van der Waals surface area contributed by atoms with Gasteiger partial charge in [-0.25, -0.2) is 0 Å². The van der Waals surface area contributed by atoms with Crippen molar-refractivity contribution in [3.63, 3.8) is 0 Å². The van der Waals surface area contributed by atoms with Crippen LogP contribution in [0.5, 0.6) is 11.5 Å². The molecule has 0 saturated carbocycles. The van der Waals surface area contributed by atoms with Crippen molar-refractivity contribution in [3.05, 3.63) is 53.9 Å². The fourth-order valence-corrected chi connectivity index (χ4v) is 3.55. The molecule has 30 heavy (non-hydrogen) atoms. The highest BCUT2D eigenvalue weighted by atomic mass is 16.5. The van der Waals surface area contributed by atoms with Gasteiger partial charge in [0.05, 0.1) is 13.2 Å². The van der Waals surface area contributed by atoms with Gasteiger partial charge in [-0.05, 0) is 62.9 Å². The van der Waals surface area contributed by atoms with Gasteiger partial charge in [0.15, 0.2) is 11.5 Å². The Bertz CT molecular complexity index is 849. The van der Waals surface area contributed by atoms with Crippen LogP contribution in [0.2, 0.25) is 0 Å². The van der Waals surface area contributed by atoms with Gasteiger partial charge in [0.25, 0.3) is 11.8 Å². The van der Waals surface area contributed by atoms with Crippen LogP contribution < -0.4 is 14.8 Å². The van der Waals surface area contributed by atoms with E-state index in [9.17, 15) is 9.59 Å². The van der Waals surface area contributed by atoms with Gasteiger partial charge < -0.3 is 19.7 Å². The van der Waals surface area contributed by atoms with E-state index in [2.05, 4.69) is 10.3 Å². The molecule has 7 nitrogen and oxygen atoms in total. The molecule has 0 bridgehead atoms. The van der Waals surface area contributed by atoms with E-state index in [1.807, 2.05) is 18.7 Å². The summed E-state index contributed by atoms with van der Waals surface area (Å²) >= 11 is 0. The monoisotopic (exact) mass is 411 g/mol. The summed E-state index contributed by atoms with van der Waals surface area (Å²) in [6, 6.07) is 8.72. The number of nitrogens with zero attached hydrogens (tertiary/aromatic N) is 2. The zero-order chi connectivity index (χ0) is 21.3. The van der Waals surface area contributed by atoms with E-state index in [0.717, 1.165) is 12.8 Å². The summed E-state index contributed by atoms with van der Waals surface area (Å²) in [5.41, 5.74) is 1.21. The molecule has 1 aliphatic rings. The third-order valence-corrected chi connectivity index (χ3v) is 5.19. The van der Waals surface area contributed by atoms with E-state index in [0.29, 0.717) is 61.4 Å². The maximum absolute atomic E-state index is 12.6. The Labute approximate surface area is 177 Å². The average Bonchev–Trinajstić information content (AvgIpc) is 2.79. The number of hydrogen-bond donors (Lipinski definition) is 1. The number of rotatable bonds is 8. The van der Waals surface area contributed by atoms with E-state index in [1.54, 1.807) is 42.7 Å². The zero-order valence-electron chi connectivity index (χ0n) is 17.6. The van der Waals surface area contributed by atoms with Gasteiger partial charge >= 0.3 is 0 Å². The number of piperidine rings is 1. The second-order valence-corrected chi connectivity index (χ2v) is 7.21. The van der Waals surface area contributed by atoms with Crippen LogP contribution in [0.1, 0.15) is 47.4 Å². The number of pyridine rings is 1. The fourth-order valence-electron chi connectivity index (χ4n) is 3.55. The Balaban J connectivity index is 1.50. The normalized spacial score (nSPS) is 14.3. The highest BCUT2D eigenvalue weighted by Gasteiger charge is 2.24. The molecule has 0 atom stereocenters. The largest absolute Gasteiger partial charge is 0.490 e. The van der Waals surface area contributed by atoms with Crippen LogP contribution >= 0.6 is 0 Å². The third-order valence-electron chi connectivity index (χ3n) is 5.19. The van der Waals surface area contributed by atoms with Crippen molar-refractivity contribution >= 4 is 11.8 Å². The molecule has 3 rings (SSSR count). The summed E-state index contributed by atoms with van der Waals surface area (Å²) in [4.78, 5) is 30.9. The first-order chi connectivity index (χ1) is 14.6. The molecule has 1 aliphatic heterocycles. The Kier molecular flexibility index (Phi) is 7.65. The number of carbonyl (C=O) groups excluding carboxylic acids is 2. The minimum atomic E-state index is -0.130. The van der Waals surface area contributed by atoms with E-state index in [1.165, 1.54) is 0 Å². The second-order valence-electron chi connectivity index (χ2n) is 7.21. The van der Waals surface area contributed by atoms with Gasteiger partial charge in [-0.15, -0.1) is 0 Å². The molecule has 0 radical (unpaired) electrons. The molecule has 1 aromatic heterocycles. The Hall–Kier alpha value is -3.09. The van der Waals surface area contributed by atoms with Crippen LogP contribution in [-0.2, 0) is 0 Å². The Morgan fingerprint density at radius 2 is 1.67 bits per heavy atom. The molecule has 1 N–H and O–H groups in total. The number of aromatic nitrogens is 1. The Morgan fingerprint density at radius 3 is 2.33 bits per heavy atom. The molecule has 2 heterocycles. The molecule has 7 heteroatoms. The maximum Gasteiger partial charge on any atom is 0.253 e. The van der Waals surface area contributed by atoms with E-state index < -0.39 is 0 Å². The highest BCUT2D eigenvalue weighted by Crippen LogP contribution is 2.28. The van der Waals surface area contributed by atoms with Crippen molar-refractivity contribution < 1.29 is 19.1 Å². The molecule has 1 saturated heterocycles. The minimum Gasteiger partial charge on any atom is -0.490 e. The first-order valence-corrected chi connectivity index (χ1v) is 10.5. The summed E-state index contributed by atoms with van der Waals surface area (Å²) in [5.74, 6) is 1.48. The van der Waals surface area contributed by atoms with Gasteiger partial charge in [-0.3, -0.25) is 14.6 Å². The van der Waals surface area contributed by atoms with Gasteiger partial charge in [0.1, 0.15) is 0 Å². The number of benzene rings is 1. The van der Waals surface area contributed by atoms with Crippen LogP contribution in [0, 0.1) is 5.92 Å². The van der Waals surface area contributed by atoms with Crippen LogP contribution in [0.15, 0.2) is 42.7 Å². The number of likely N-dealkylation sites (tertiary alicyclic amines) is 1. The first-order valence-electron chi connectivity index (χ1n) is 10.5. The lowest BCUT2D eigenvalue weighted by Crippen LogP contribution is -2.41. The van der Waals surface area contributed by atoms with Crippen LogP contribution in [0.4, 0.5) is 0 Å². The molecule has 1 fully saturated rings. The van der Waals surface area contributed by atoms with Crippen molar-refractivity contribution in [3.8, 4) is 11.5 Å². The molecule has 0 spiro atoms. The second kappa shape index (κ2) is 10.6. The number of carbonyl (C=O) groups is 2. The van der Waals surface area contributed by atoms with Gasteiger partial charge in [0.2, 0.25) is 0 Å². The van der Waals surface area contributed by atoms with Crippen LogP contribution in [-0.4, -0.2) is 54.5 Å². The average molecular weight is 412 g/mol. The van der Waals surface area contributed by atoms with Crippen molar-refractivity contribution in [1.82, 2.24) is 15.2 Å². The number of nitrogens with one attached hydrogen (secondary N) is 1. The molecule has 1 aromatic carbocycles. The fraction of sp³-hybridized carbons (Fsp3) is 0.435. The maximum atomic E-state index is 12.6. The van der Waals surface area contributed by atoms with Gasteiger partial charge in [-0.1, -0.05) is 0 Å². The van der Waals surface area contributed by atoms with Crippen molar-refractivity contribution in [2.24, 2.45) is 5.92 Å². The van der Waals surface area contributed by atoms with Crippen molar-refractivity contribution in [2.75, 3.05) is 32.8 Å². The quantitative estimate of drug-likeness (QED) is 0.722. The van der Waals surface area contributed by atoms with E-state index in [4.69, 9.17) is 9.47 Å². The third kappa shape index (κ3) is 5.49. The van der Waals surface area contributed by atoms with Crippen LogP contribution in [0.25, 0.3) is 0 Å². The topological polar surface area (TPSA) is 80.8 Å². The van der Waals surface area contributed by atoms with Gasteiger partial charge in [0, 0.05) is 43.2 Å². The summed E-state index contributed by atoms with van der Waals surface area (Å²) in [5, 5.41) is 3.02. The number of hydrogen-bond acceptors (Lipinski definition) is 5. The molecule has 2 aromatic rings. The lowest BCUT2D eigenvalue weighted by Gasteiger charge is -2.32. The Morgan fingerprint density at radius 1 is 1.00 bits per heavy atom. The summed E-state index contributed by atoms with van der Waals surface area (Å²) < 4.78 is 11.1. The van der Waals surface area contributed by atoms with Gasteiger partial charge in [-0.2, -0.15) is 0 Å². The van der Waals surface area contributed by atoms with Crippen LogP contribution in [0.3, 0.4) is 0 Å². The number of amides is 2. The summed E-state index contributed by atoms with van der Waals surface area (Å²) in [6.45, 7) is 6.82. The lowest BCUT2D eigenvalue weighted by molar-refractivity contribution is 0.0684. The predicted molar refractivity (Wildman–Crippen MR) is 114 cm³/mol. The predicted octanol–water partition coefficient (Wildman–Crippen LogP) is 3.16. The lowest BCUT2D eigenvalue weighted by atomic mass is 9.96. The smallest absolute Gasteiger partial charge is 0.253 e. The number of ether oxygens (including phenoxy) is 2. The molecule has 160 valence electrons. The molecule has 0 aliphatic carbocycles. The molecular formula is C23H29N3O4. The van der Waals surface area contributed by atoms with Crippen molar-refractivity contribution in [1.29, 1.82) is 0 Å². The standard InChI is InChI=1S/C23H29N3O4/c1-3-29-20-6-5-19(15-21(20)30-4-2)22(27)25-16-17-9-13-26(14-10-17)23(28)18-7-11-24-12-8-18/h5-8,11-12,15,17H,3-4,9-10,13-14,16H2,1-2H3,(H,25,27). The molecule has 0 unspecified atom stereocenters. The molecular weight excluding hydrogens is 382 g/mol. The van der Waals surface area contributed by atoms with Crippen molar-refractivity contribution in [2.45, 2.75) is 26.7 Å².